The Labute approximate surface area is 136 Å². The lowest BCUT2D eigenvalue weighted by Gasteiger charge is -2.36. The van der Waals surface area contributed by atoms with Crippen molar-refractivity contribution in [2.75, 3.05) is 6.54 Å². The number of carbonyl (C=O) groups is 1. The standard InChI is InChI=1S/C19H22N2O2/c22-18(20-14-19(23)12-7-13-19)21-17(15-8-3-1-4-9-15)16-10-5-2-6-11-16/h1-6,8-11,17,23H,7,12-14H2,(H2,20,21,22). The van der Waals surface area contributed by atoms with Gasteiger partial charge in [-0.1, -0.05) is 60.7 Å². The average molecular weight is 310 g/mol. The van der Waals surface area contributed by atoms with E-state index in [1.54, 1.807) is 0 Å². The van der Waals surface area contributed by atoms with Crippen LogP contribution in [0.4, 0.5) is 4.79 Å². The summed E-state index contributed by atoms with van der Waals surface area (Å²) in [6, 6.07) is 19.3. The average Bonchev–Trinajstić information content (AvgIpc) is 2.58. The first-order valence-corrected chi connectivity index (χ1v) is 8.03. The van der Waals surface area contributed by atoms with E-state index in [4.69, 9.17) is 0 Å². The largest absolute Gasteiger partial charge is 0.388 e. The monoisotopic (exact) mass is 310 g/mol. The summed E-state index contributed by atoms with van der Waals surface area (Å²) in [5.41, 5.74) is 1.33. The Morgan fingerprint density at radius 3 is 1.96 bits per heavy atom. The maximum atomic E-state index is 12.3. The van der Waals surface area contributed by atoms with E-state index in [0.29, 0.717) is 6.54 Å². The maximum absolute atomic E-state index is 12.3. The van der Waals surface area contributed by atoms with Crippen molar-refractivity contribution >= 4 is 6.03 Å². The molecule has 3 rings (SSSR count). The van der Waals surface area contributed by atoms with Crippen LogP contribution in [0.25, 0.3) is 0 Å². The Kier molecular flexibility index (Phi) is 4.63. The van der Waals surface area contributed by atoms with E-state index < -0.39 is 5.60 Å². The molecular weight excluding hydrogens is 288 g/mol. The molecule has 1 fully saturated rings. The SMILES string of the molecule is O=C(NCC1(O)CCC1)NC(c1ccccc1)c1ccccc1. The zero-order valence-electron chi connectivity index (χ0n) is 13.0. The van der Waals surface area contributed by atoms with Crippen LogP contribution < -0.4 is 10.6 Å². The lowest BCUT2D eigenvalue weighted by Crippen LogP contribution is -2.50. The molecule has 4 nitrogen and oxygen atoms in total. The fourth-order valence-corrected chi connectivity index (χ4v) is 2.84. The van der Waals surface area contributed by atoms with Gasteiger partial charge in [0.25, 0.3) is 0 Å². The highest BCUT2D eigenvalue weighted by Gasteiger charge is 2.34. The van der Waals surface area contributed by atoms with Gasteiger partial charge in [0, 0.05) is 6.54 Å². The van der Waals surface area contributed by atoms with Gasteiger partial charge in [0.2, 0.25) is 0 Å². The Balaban J connectivity index is 1.70. The van der Waals surface area contributed by atoms with Gasteiger partial charge in [-0.2, -0.15) is 0 Å². The second-order valence-corrected chi connectivity index (χ2v) is 6.16. The zero-order valence-corrected chi connectivity index (χ0v) is 13.0. The van der Waals surface area contributed by atoms with Gasteiger partial charge in [0.05, 0.1) is 11.6 Å². The molecule has 0 spiro atoms. The van der Waals surface area contributed by atoms with Gasteiger partial charge in [-0.15, -0.1) is 0 Å². The molecule has 0 unspecified atom stereocenters. The number of hydrogen-bond donors (Lipinski definition) is 3. The van der Waals surface area contributed by atoms with Crippen LogP contribution in [0.1, 0.15) is 36.4 Å². The minimum absolute atomic E-state index is 0.214. The molecule has 1 aliphatic rings. The van der Waals surface area contributed by atoms with Crippen LogP contribution >= 0.6 is 0 Å². The van der Waals surface area contributed by atoms with Gasteiger partial charge in [-0.25, -0.2) is 4.79 Å². The van der Waals surface area contributed by atoms with Crippen LogP contribution in [-0.4, -0.2) is 23.3 Å². The third-order valence-electron chi connectivity index (χ3n) is 4.40. The van der Waals surface area contributed by atoms with Crippen LogP contribution in [0.3, 0.4) is 0 Å². The Morgan fingerprint density at radius 2 is 1.52 bits per heavy atom. The minimum atomic E-state index is -0.716. The number of carbonyl (C=O) groups excluding carboxylic acids is 1. The maximum Gasteiger partial charge on any atom is 0.315 e. The number of rotatable bonds is 5. The van der Waals surface area contributed by atoms with Gasteiger partial charge in [-0.3, -0.25) is 0 Å². The van der Waals surface area contributed by atoms with Crippen molar-refractivity contribution in [3.8, 4) is 0 Å². The molecule has 0 saturated heterocycles. The zero-order chi connectivity index (χ0) is 16.1. The normalized spacial score (nSPS) is 15.7. The van der Waals surface area contributed by atoms with Crippen LogP contribution in [0, 0.1) is 0 Å². The third kappa shape index (κ3) is 3.90. The second kappa shape index (κ2) is 6.84. The molecule has 1 saturated carbocycles. The molecule has 23 heavy (non-hydrogen) atoms. The van der Waals surface area contributed by atoms with Crippen molar-refractivity contribution < 1.29 is 9.90 Å². The first-order valence-electron chi connectivity index (χ1n) is 8.03. The van der Waals surface area contributed by atoms with Crippen LogP contribution in [0.5, 0.6) is 0 Å². The molecule has 0 aliphatic heterocycles. The predicted molar refractivity (Wildman–Crippen MR) is 90.1 cm³/mol. The fraction of sp³-hybridized carbons (Fsp3) is 0.316. The molecule has 0 atom stereocenters. The van der Waals surface area contributed by atoms with Crippen LogP contribution in [0.2, 0.25) is 0 Å². The first-order chi connectivity index (χ1) is 11.2. The highest BCUT2D eigenvalue weighted by Crippen LogP contribution is 2.30. The van der Waals surface area contributed by atoms with Crippen molar-refractivity contribution in [3.05, 3.63) is 71.8 Å². The highest BCUT2D eigenvalue weighted by atomic mass is 16.3. The highest BCUT2D eigenvalue weighted by molar-refractivity contribution is 5.75. The molecule has 0 bridgehead atoms. The number of urea groups is 1. The van der Waals surface area contributed by atoms with Crippen molar-refractivity contribution in [1.82, 2.24) is 10.6 Å². The quantitative estimate of drug-likeness (QED) is 0.795. The Bertz CT molecular complexity index is 599. The molecule has 0 radical (unpaired) electrons. The van der Waals surface area contributed by atoms with E-state index in [-0.39, 0.29) is 12.1 Å². The van der Waals surface area contributed by atoms with Crippen molar-refractivity contribution in [2.45, 2.75) is 30.9 Å². The van der Waals surface area contributed by atoms with Crippen molar-refractivity contribution in [2.24, 2.45) is 0 Å². The molecule has 0 aromatic heterocycles. The van der Waals surface area contributed by atoms with E-state index in [0.717, 1.165) is 30.4 Å². The van der Waals surface area contributed by atoms with Crippen LogP contribution in [-0.2, 0) is 0 Å². The summed E-state index contributed by atoms with van der Waals surface area (Å²) in [5, 5.41) is 15.9. The number of amides is 2. The van der Waals surface area contributed by atoms with E-state index in [2.05, 4.69) is 10.6 Å². The van der Waals surface area contributed by atoms with Crippen molar-refractivity contribution in [3.63, 3.8) is 0 Å². The second-order valence-electron chi connectivity index (χ2n) is 6.16. The Morgan fingerprint density at radius 1 is 1.00 bits per heavy atom. The van der Waals surface area contributed by atoms with Gasteiger partial charge < -0.3 is 15.7 Å². The topological polar surface area (TPSA) is 61.4 Å². The molecule has 2 aromatic carbocycles. The molecule has 3 N–H and O–H groups in total. The number of aliphatic hydroxyl groups is 1. The summed E-state index contributed by atoms with van der Waals surface area (Å²) < 4.78 is 0. The molecule has 0 heterocycles. The number of benzene rings is 2. The van der Waals surface area contributed by atoms with Crippen molar-refractivity contribution in [1.29, 1.82) is 0 Å². The molecule has 1 aliphatic carbocycles. The number of nitrogens with one attached hydrogen (secondary N) is 2. The summed E-state index contributed by atoms with van der Waals surface area (Å²) in [5.74, 6) is 0. The summed E-state index contributed by atoms with van der Waals surface area (Å²) in [6.07, 6.45) is 2.54. The van der Waals surface area contributed by atoms with E-state index in [9.17, 15) is 9.90 Å². The minimum Gasteiger partial charge on any atom is -0.388 e. The van der Waals surface area contributed by atoms with Gasteiger partial charge in [0.15, 0.2) is 0 Å². The van der Waals surface area contributed by atoms with E-state index in [1.807, 2.05) is 60.7 Å². The third-order valence-corrected chi connectivity index (χ3v) is 4.40. The van der Waals surface area contributed by atoms with Gasteiger partial charge in [-0.05, 0) is 30.4 Å². The summed E-state index contributed by atoms with van der Waals surface area (Å²) >= 11 is 0. The fourth-order valence-electron chi connectivity index (χ4n) is 2.84. The summed E-state index contributed by atoms with van der Waals surface area (Å²) in [6.45, 7) is 0.301. The molecule has 2 aromatic rings. The lowest BCUT2D eigenvalue weighted by molar-refractivity contribution is -0.0290. The smallest absolute Gasteiger partial charge is 0.315 e. The molecule has 2 amide bonds. The van der Waals surface area contributed by atoms with Gasteiger partial charge in [0.1, 0.15) is 0 Å². The predicted octanol–water partition coefficient (Wildman–Crippen LogP) is 2.99. The lowest BCUT2D eigenvalue weighted by atomic mass is 9.80. The summed E-state index contributed by atoms with van der Waals surface area (Å²) in [4.78, 5) is 12.3. The summed E-state index contributed by atoms with van der Waals surface area (Å²) in [7, 11) is 0. The van der Waals surface area contributed by atoms with E-state index in [1.165, 1.54) is 0 Å². The number of hydrogen-bond acceptors (Lipinski definition) is 2. The molecular formula is C19H22N2O2. The molecule has 120 valence electrons. The van der Waals surface area contributed by atoms with Crippen LogP contribution in [0.15, 0.2) is 60.7 Å². The van der Waals surface area contributed by atoms with Gasteiger partial charge >= 0.3 is 6.03 Å². The van der Waals surface area contributed by atoms with E-state index >= 15 is 0 Å². The first kappa shape index (κ1) is 15.6. The molecule has 4 heteroatoms. The Hall–Kier alpha value is -2.33.